The van der Waals surface area contributed by atoms with Crippen molar-refractivity contribution in [3.8, 4) is 11.5 Å². The Morgan fingerprint density at radius 1 is 1.05 bits per heavy atom. The van der Waals surface area contributed by atoms with Gasteiger partial charge in [0.2, 0.25) is 0 Å². The van der Waals surface area contributed by atoms with Crippen LogP contribution in [0.15, 0.2) is 30.3 Å². The van der Waals surface area contributed by atoms with Crippen molar-refractivity contribution < 1.29 is 23.8 Å². The van der Waals surface area contributed by atoms with E-state index in [1.54, 1.807) is 24.3 Å². The monoisotopic (exact) mass is 274 g/mol. The normalized spacial score (nSPS) is 10.2. The molecule has 0 N–H and O–H groups in total. The molecule has 0 unspecified atom stereocenters. The summed E-state index contributed by atoms with van der Waals surface area (Å²) in [7, 11) is 2.82. The minimum atomic E-state index is -0.497. The van der Waals surface area contributed by atoms with Gasteiger partial charge in [0.05, 0.1) is 25.2 Å². The highest BCUT2D eigenvalue weighted by molar-refractivity contribution is 6.01. The molecule has 5 heteroatoms. The predicted molar refractivity (Wildman–Crippen MR) is 73.1 cm³/mol. The van der Waals surface area contributed by atoms with Crippen LogP contribution in [0.25, 0.3) is 10.8 Å². The topological polar surface area (TPSA) is 61.8 Å². The molecule has 0 radical (unpaired) electrons. The van der Waals surface area contributed by atoms with Crippen molar-refractivity contribution >= 4 is 22.7 Å². The third kappa shape index (κ3) is 2.56. The zero-order chi connectivity index (χ0) is 14.7. The minimum absolute atomic E-state index is 0.271. The summed E-state index contributed by atoms with van der Waals surface area (Å²) in [6, 6.07) is 8.49. The Balaban J connectivity index is 2.74. The van der Waals surface area contributed by atoms with Gasteiger partial charge in [-0.3, -0.25) is 4.79 Å². The Hall–Kier alpha value is -2.56. The predicted octanol–water partition coefficient (Wildman–Crippen LogP) is 2.56. The van der Waals surface area contributed by atoms with Crippen molar-refractivity contribution in [2.75, 3.05) is 14.2 Å². The van der Waals surface area contributed by atoms with Gasteiger partial charge in [0.1, 0.15) is 11.5 Å². The van der Waals surface area contributed by atoms with Crippen LogP contribution in [-0.4, -0.2) is 26.2 Å². The highest BCUT2D eigenvalue weighted by Crippen LogP contribution is 2.35. The van der Waals surface area contributed by atoms with Crippen LogP contribution in [0.4, 0.5) is 0 Å². The van der Waals surface area contributed by atoms with Crippen LogP contribution in [0, 0.1) is 0 Å². The number of methoxy groups -OCH3 is 2. The largest absolute Gasteiger partial charge is 0.496 e. The fraction of sp³-hybridized carbons (Fsp3) is 0.200. The summed E-state index contributed by atoms with van der Waals surface area (Å²) >= 11 is 0. The molecule has 0 saturated heterocycles. The SMILES string of the molecule is COC(=O)c1cc(OC(C)=O)c2c(OC)cccc2c1. The van der Waals surface area contributed by atoms with E-state index in [-0.39, 0.29) is 5.75 Å². The van der Waals surface area contributed by atoms with Crippen molar-refractivity contribution in [1.82, 2.24) is 0 Å². The first-order valence-electron chi connectivity index (χ1n) is 5.94. The molecule has 0 aliphatic rings. The van der Waals surface area contributed by atoms with Crippen LogP contribution in [0.3, 0.4) is 0 Å². The number of hydrogen-bond acceptors (Lipinski definition) is 5. The van der Waals surface area contributed by atoms with Crippen LogP contribution in [0.2, 0.25) is 0 Å². The zero-order valence-corrected chi connectivity index (χ0v) is 11.4. The van der Waals surface area contributed by atoms with Crippen LogP contribution >= 0.6 is 0 Å². The second-order valence-corrected chi connectivity index (χ2v) is 4.12. The Bertz CT molecular complexity index is 675. The first kappa shape index (κ1) is 13.9. The van der Waals surface area contributed by atoms with Crippen molar-refractivity contribution in [3.05, 3.63) is 35.9 Å². The minimum Gasteiger partial charge on any atom is -0.496 e. The van der Waals surface area contributed by atoms with E-state index in [0.29, 0.717) is 16.7 Å². The highest BCUT2D eigenvalue weighted by atomic mass is 16.5. The molecule has 0 amide bonds. The van der Waals surface area contributed by atoms with E-state index in [4.69, 9.17) is 14.2 Å². The van der Waals surface area contributed by atoms with Gasteiger partial charge in [-0.25, -0.2) is 4.79 Å². The summed E-state index contributed by atoms with van der Waals surface area (Å²) < 4.78 is 15.1. The number of carbonyl (C=O) groups excluding carboxylic acids is 2. The van der Waals surface area contributed by atoms with Crippen LogP contribution in [-0.2, 0) is 9.53 Å². The lowest BCUT2D eigenvalue weighted by Gasteiger charge is -2.12. The molecule has 0 fully saturated rings. The molecule has 104 valence electrons. The van der Waals surface area contributed by atoms with E-state index < -0.39 is 11.9 Å². The van der Waals surface area contributed by atoms with Gasteiger partial charge in [0, 0.05) is 6.92 Å². The Morgan fingerprint density at radius 3 is 2.40 bits per heavy atom. The molecule has 0 heterocycles. The quantitative estimate of drug-likeness (QED) is 0.636. The highest BCUT2D eigenvalue weighted by Gasteiger charge is 2.15. The molecule has 0 aliphatic heterocycles. The molecule has 5 nitrogen and oxygen atoms in total. The first-order chi connectivity index (χ1) is 9.56. The van der Waals surface area contributed by atoms with Gasteiger partial charge in [0.25, 0.3) is 0 Å². The number of fused-ring (bicyclic) bond motifs is 1. The molecule has 0 aromatic heterocycles. The van der Waals surface area contributed by atoms with Crippen LogP contribution in [0.5, 0.6) is 11.5 Å². The summed E-state index contributed by atoms with van der Waals surface area (Å²) in [5, 5.41) is 1.36. The van der Waals surface area contributed by atoms with Crippen LogP contribution in [0.1, 0.15) is 17.3 Å². The number of benzene rings is 2. The van der Waals surface area contributed by atoms with E-state index in [0.717, 1.165) is 5.39 Å². The maximum absolute atomic E-state index is 11.7. The summed E-state index contributed by atoms with van der Waals surface area (Å²) in [5.41, 5.74) is 0.310. The van der Waals surface area contributed by atoms with Crippen molar-refractivity contribution in [3.63, 3.8) is 0 Å². The third-order valence-corrected chi connectivity index (χ3v) is 2.80. The Labute approximate surface area is 116 Å². The Kier molecular flexibility index (Phi) is 3.89. The maximum Gasteiger partial charge on any atom is 0.338 e. The molecule has 20 heavy (non-hydrogen) atoms. The lowest BCUT2D eigenvalue weighted by atomic mass is 10.0. The molecule has 2 aromatic rings. The maximum atomic E-state index is 11.7. The van der Waals surface area contributed by atoms with Crippen molar-refractivity contribution in [1.29, 1.82) is 0 Å². The van der Waals surface area contributed by atoms with Gasteiger partial charge in [-0.05, 0) is 23.6 Å². The number of rotatable bonds is 3. The smallest absolute Gasteiger partial charge is 0.338 e. The summed E-state index contributed by atoms with van der Waals surface area (Å²) in [6.07, 6.45) is 0. The van der Waals surface area contributed by atoms with Crippen molar-refractivity contribution in [2.45, 2.75) is 6.92 Å². The number of ether oxygens (including phenoxy) is 3. The second kappa shape index (κ2) is 5.61. The van der Waals surface area contributed by atoms with Gasteiger partial charge in [0.15, 0.2) is 0 Å². The van der Waals surface area contributed by atoms with Gasteiger partial charge < -0.3 is 14.2 Å². The zero-order valence-electron chi connectivity index (χ0n) is 11.4. The molecule has 0 spiro atoms. The molecular weight excluding hydrogens is 260 g/mol. The third-order valence-electron chi connectivity index (χ3n) is 2.80. The lowest BCUT2D eigenvalue weighted by molar-refractivity contribution is -0.131. The molecule has 0 aliphatic carbocycles. The number of hydrogen-bond donors (Lipinski definition) is 0. The summed E-state index contributed by atoms with van der Waals surface area (Å²) in [6.45, 7) is 1.30. The molecule has 2 rings (SSSR count). The van der Waals surface area contributed by atoms with E-state index in [1.165, 1.54) is 27.2 Å². The van der Waals surface area contributed by atoms with E-state index in [1.807, 2.05) is 0 Å². The summed E-state index contributed by atoms with van der Waals surface area (Å²) in [4.78, 5) is 22.9. The molecular formula is C15H14O5. The van der Waals surface area contributed by atoms with E-state index >= 15 is 0 Å². The summed E-state index contributed by atoms with van der Waals surface area (Å²) in [5.74, 6) is -0.134. The average molecular weight is 274 g/mol. The van der Waals surface area contributed by atoms with Crippen molar-refractivity contribution in [2.24, 2.45) is 0 Å². The van der Waals surface area contributed by atoms with E-state index in [9.17, 15) is 9.59 Å². The fourth-order valence-electron chi connectivity index (χ4n) is 2.00. The molecule has 2 aromatic carbocycles. The Morgan fingerprint density at radius 2 is 1.80 bits per heavy atom. The van der Waals surface area contributed by atoms with Gasteiger partial charge in [-0.2, -0.15) is 0 Å². The van der Waals surface area contributed by atoms with Gasteiger partial charge in [-0.15, -0.1) is 0 Å². The first-order valence-corrected chi connectivity index (χ1v) is 5.94. The lowest BCUT2D eigenvalue weighted by Crippen LogP contribution is -2.06. The van der Waals surface area contributed by atoms with E-state index in [2.05, 4.69) is 0 Å². The number of esters is 2. The van der Waals surface area contributed by atoms with Crippen LogP contribution < -0.4 is 9.47 Å². The molecule has 0 saturated carbocycles. The van der Waals surface area contributed by atoms with Gasteiger partial charge in [-0.1, -0.05) is 12.1 Å². The second-order valence-electron chi connectivity index (χ2n) is 4.12. The molecule has 0 bridgehead atoms. The molecule has 0 atom stereocenters. The standard InChI is InChI=1S/C15H14O5/c1-9(16)20-13-8-11(15(17)19-3)7-10-5-4-6-12(18-2)14(10)13/h4-8H,1-3H3. The number of carbonyl (C=O) groups is 2. The van der Waals surface area contributed by atoms with Gasteiger partial charge >= 0.3 is 11.9 Å². The fourth-order valence-corrected chi connectivity index (χ4v) is 2.00. The average Bonchev–Trinajstić information content (AvgIpc) is 2.44.